The second kappa shape index (κ2) is 7.25. The molecule has 1 amide bonds. The summed E-state index contributed by atoms with van der Waals surface area (Å²) in [5.74, 6) is 0.448. The molecule has 0 unspecified atom stereocenters. The number of carbonyl (C=O) groups excluding carboxylic acids is 1. The Labute approximate surface area is 136 Å². The van der Waals surface area contributed by atoms with Crippen molar-refractivity contribution in [2.24, 2.45) is 13.0 Å². The number of nitrogens with zero attached hydrogens (tertiary/aromatic N) is 3. The van der Waals surface area contributed by atoms with Crippen molar-refractivity contribution >= 4 is 5.91 Å². The molecule has 3 rings (SSSR count). The highest BCUT2D eigenvalue weighted by molar-refractivity contribution is 5.76. The van der Waals surface area contributed by atoms with Gasteiger partial charge in [-0.3, -0.25) is 14.4 Å². The number of aryl methyl sites for hydroxylation is 1. The number of hydrogen-bond acceptors (Lipinski definition) is 3. The molecule has 1 N–H and O–H groups in total. The zero-order valence-electron chi connectivity index (χ0n) is 13.6. The molecule has 2 heterocycles. The Bertz CT molecular complexity index is 571. The second-order valence-electron chi connectivity index (χ2n) is 6.71. The molecule has 126 valence electrons. The van der Waals surface area contributed by atoms with Crippen LogP contribution in [0, 0.1) is 5.92 Å². The van der Waals surface area contributed by atoms with E-state index in [1.807, 2.05) is 19.4 Å². The minimum atomic E-state index is -0.814. The number of halogens is 1. The average molecular weight is 320 g/mol. The van der Waals surface area contributed by atoms with Crippen LogP contribution in [-0.2, 0) is 18.4 Å². The molecule has 1 aromatic heterocycles. The summed E-state index contributed by atoms with van der Waals surface area (Å²) in [6.07, 6.45) is 10.4. The van der Waals surface area contributed by atoms with Crippen LogP contribution >= 0.6 is 0 Å². The highest BCUT2D eigenvalue weighted by Gasteiger charge is 2.32. The van der Waals surface area contributed by atoms with E-state index in [1.54, 1.807) is 4.68 Å². The van der Waals surface area contributed by atoms with Gasteiger partial charge in [0.15, 0.2) is 0 Å². The molecule has 1 aliphatic heterocycles. The molecular weight excluding hydrogens is 295 g/mol. The van der Waals surface area contributed by atoms with Crippen LogP contribution in [0.25, 0.3) is 0 Å². The highest BCUT2D eigenvalue weighted by Crippen LogP contribution is 2.23. The number of allylic oxidation sites excluding steroid dienone is 2. The number of nitrogens with one attached hydrogen (secondary N) is 1. The first-order chi connectivity index (χ1) is 11.1. The van der Waals surface area contributed by atoms with Crippen molar-refractivity contribution < 1.29 is 9.18 Å². The lowest BCUT2D eigenvalue weighted by atomic mass is 10.0. The number of rotatable bonds is 6. The SMILES string of the molecule is Cn1cc(CN2C[C@@H](F)C[C@H]2CNC(=O)C[C@H]2C=CCC2)cn1. The molecule has 6 heteroatoms. The predicted octanol–water partition coefficient (Wildman–Crippen LogP) is 1.80. The van der Waals surface area contributed by atoms with E-state index in [2.05, 4.69) is 27.5 Å². The number of hydrogen-bond donors (Lipinski definition) is 1. The molecule has 23 heavy (non-hydrogen) atoms. The molecule has 0 bridgehead atoms. The monoisotopic (exact) mass is 320 g/mol. The Morgan fingerprint density at radius 3 is 3.09 bits per heavy atom. The first kappa shape index (κ1) is 16.2. The molecule has 0 radical (unpaired) electrons. The molecule has 2 aliphatic rings. The second-order valence-corrected chi connectivity index (χ2v) is 6.71. The van der Waals surface area contributed by atoms with Crippen molar-refractivity contribution in [3.05, 3.63) is 30.1 Å². The van der Waals surface area contributed by atoms with Gasteiger partial charge in [0.05, 0.1) is 6.20 Å². The summed E-state index contributed by atoms with van der Waals surface area (Å²) >= 11 is 0. The van der Waals surface area contributed by atoms with Gasteiger partial charge in [-0.15, -0.1) is 0 Å². The van der Waals surface area contributed by atoms with E-state index >= 15 is 0 Å². The summed E-state index contributed by atoms with van der Waals surface area (Å²) in [5, 5.41) is 7.15. The van der Waals surface area contributed by atoms with Crippen LogP contribution < -0.4 is 5.32 Å². The van der Waals surface area contributed by atoms with Crippen LogP contribution in [0.5, 0.6) is 0 Å². The van der Waals surface area contributed by atoms with E-state index in [1.165, 1.54) is 0 Å². The maximum absolute atomic E-state index is 13.8. The van der Waals surface area contributed by atoms with Crippen molar-refractivity contribution in [1.82, 2.24) is 20.0 Å². The smallest absolute Gasteiger partial charge is 0.220 e. The molecule has 0 aromatic carbocycles. The van der Waals surface area contributed by atoms with Crippen molar-refractivity contribution in [2.45, 2.75) is 44.4 Å². The van der Waals surface area contributed by atoms with E-state index < -0.39 is 6.17 Å². The molecular formula is C17H25FN4O. The molecule has 1 fully saturated rings. The average Bonchev–Trinajstić information content (AvgIpc) is 3.21. The van der Waals surface area contributed by atoms with Crippen molar-refractivity contribution in [1.29, 1.82) is 0 Å². The first-order valence-electron chi connectivity index (χ1n) is 8.39. The van der Waals surface area contributed by atoms with Crippen LogP contribution in [-0.4, -0.2) is 45.9 Å². The van der Waals surface area contributed by atoms with Gasteiger partial charge in [0, 0.05) is 50.9 Å². The quantitative estimate of drug-likeness (QED) is 0.813. The Balaban J connectivity index is 1.48. The van der Waals surface area contributed by atoms with Crippen LogP contribution in [0.1, 0.15) is 31.2 Å². The Kier molecular flexibility index (Phi) is 5.10. The lowest BCUT2D eigenvalue weighted by molar-refractivity contribution is -0.121. The maximum Gasteiger partial charge on any atom is 0.220 e. The molecule has 1 aromatic rings. The molecule has 3 atom stereocenters. The zero-order valence-corrected chi connectivity index (χ0v) is 13.6. The summed E-state index contributed by atoms with van der Waals surface area (Å²) in [5.41, 5.74) is 1.08. The lowest BCUT2D eigenvalue weighted by Gasteiger charge is -2.24. The van der Waals surface area contributed by atoms with Crippen molar-refractivity contribution in [2.75, 3.05) is 13.1 Å². The van der Waals surface area contributed by atoms with Gasteiger partial charge in [-0.1, -0.05) is 12.2 Å². The predicted molar refractivity (Wildman–Crippen MR) is 86.4 cm³/mol. The molecule has 0 spiro atoms. The molecule has 5 nitrogen and oxygen atoms in total. The van der Waals surface area contributed by atoms with Gasteiger partial charge in [-0.25, -0.2) is 4.39 Å². The lowest BCUT2D eigenvalue weighted by Crippen LogP contribution is -2.40. The van der Waals surface area contributed by atoms with E-state index in [4.69, 9.17) is 0 Å². The third kappa shape index (κ3) is 4.41. The van der Waals surface area contributed by atoms with Gasteiger partial charge in [0.1, 0.15) is 6.17 Å². The summed E-state index contributed by atoms with van der Waals surface area (Å²) in [6, 6.07) is 0.0632. The summed E-state index contributed by atoms with van der Waals surface area (Å²) in [4.78, 5) is 14.1. The normalized spacial score (nSPS) is 27.7. The summed E-state index contributed by atoms with van der Waals surface area (Å²) < 4.78 is 15.6. The topological polar surface area (TPSA) is 50.2 Å². The summed E-state index contributed by atoms with van der Waals surface area (Å²) in [7, 11) is 1.88. The van der Waals surface area contributed by atoms with Gasteiger partial charge >= 0.3 is 0 Å². The Hall–Kier alpha value is -1.69. The van der Waals surface area contributed by atoms with Gasteiger partial charge in [-0.05, 0) is 25.2 Å². The number of carbonyl (C=O) groups is 1. The van der Waals surface area contributed by atoms with Gasteiger partial charge in [0.2, 0.25) is 5.91 Å². The number of amides is 1. The minimum absolute atomic E-state index is 0.0632. The first-order valence-corrected chi connectivity index (χ1v) is 8.39. The molecule has 1 aliphatic carbocycles. The van der Waals surface area contributed by atoms with E-state index in [0.29, 0.717) is 38.4 Å². The van der Waals surface area contributed by atoms with E-state index in [-0.39, 0.29) is 11.9 Å². The molecule has 1 saturated heterocycles. The number of aromatic nitrogens is 2. The number of alkyl halides is 1. The third-order valence-corrected chi connectivity index (χ3v) is 4.72. The Morgan fingerprint density at radius 1 is 1.52 bits per heavy atom. The number of likely N-dealkylation sites (tertiary alicyclic amines) is 1. The fraction of sp³-hybridized carbons (Fsp3) is 0.647. The van der Waals surface area contributed by atoms with E-state index in [9.17, 15) is 9.18 Å². The van der Waals surface area contributed by atoms with Gasteiger partial charge in [-0.2, -0.15) is 5.10 Å². The third-order valence-electron chi connectivity index (χ3n) is 4.72. The maximum atomic E-state index is 13.8. The standard InChI is InChI=1S/C17H25FN4O/c1-21-10-14(8-20-21)11-22-12-15(18)7-16(22)9-19-17(23)6-13-4-2-3-5-13/h2,4,8,10,13,15-16H,3,5-7,9,11-12H2,1H3,(H,19,23)/t13-,15-,16-/m0/s1. The van der Waals surface area contributed by atoms with Crippen LogP contribution in [0.4, 0.5) is 4.39 Å². The van der Waals surface area contributed by atoms with Crippen LogP contribution in [0.2, 0.25) is 0 Å². The Morgan fingerprint density at radius 2 is 2.39 bits per heavy atom. The zero-order chi connectivity index (χ0) is 16.2. The van der Waals surface area contributed by atoms with Gasteiger partial charge < -0.3 is 5.32 Å². The molecule has 0 saturated carbocycles. The largest absolute Gasteiger partial charge is 0.355 e. The van der Waals surface area contributed by atoms with E-state index in [0.717, 1.165) is 18.4 Å². The summed E-state index contributed by atoms with van der Waals surface area (Å²) in [6.45, 7) is 1.64. The minimum Gasteiger partial charge on any atom is -0.355 e. The van der Waals surface area contributed by atoms with Crippen molar-refractivity contribution in [3.63, 3.8) is 0 Å². The van der Waals surface area contributed by atoms with Gasteiger partial charge in [0.25, 0.3) is 0 Å². The van der Waals surface area contributed by atoms with Crippen molar-refractivity contribution in [3.8, 4) is 0 Å². The van der Waals surface area contributed by atoms with Crippen LogP contribution in [0.3, 0.4) is 0 Å². The van der Waals surface area contributed by atoms with Crippen LogP contribution in [0.15, 0.2) is 24.5 Å². The fourth-order valence-electron chi connectivity index (χ4n) is 3.52. The fourth-order valence-corrected chi connectivity index (χ4v) is 3.52. The highest BCUT2D eigenvalue weighted by atomic mass is 19.1.